The van der Waals surface area contributed by atoms with E-state index in [0.29, 0.717) is 22.3 Å². The van der Waals surface area contributed by atoms with Crippen LogP contribution in [0.15, 0.2) is 22.6 Å². The van der Waals surface area contributed by atoms with E-state index in [1.165, 1.54) is 12.1 Å². The van der Waals surface area contributed by atoms with Crippen molar-refractivity contribution in [3.05, 3.63) is 24.1 Å². The molecule has 0 aliphatic carbocycles. The van der Waals surface area contributed by atoms with Crippen LogP contribution in [0.3, 0.4) is 0 Å². The number of hydrogen-bond acceptors (Lipinski definition) is 3. The van der Waals surface area contributed by atoms with Gasteiger partial charge in [-0.15, -0.1) is 0 Å². The Bertz CT molecular complexity index is 472. The van der Waals surface area contributed by atoms with Gasteiger partial charge in [0.1, 0.15) is 11.3 Å². The molecule has 0 aliphatic heterocycles. The summed E-state index contributed by atoms with van der Waals surface area (Å²) in [6.07, 6.45) is 0. The number of aromatic nitrogens is 1. The molecule has 0 unspecified atom stereocenters. The van der Waals surface area contributed by atoms with E-state index in [0.717, 1.165) is 0 Å². The quantitative estimate of drug-likeness (QED) is 0.808. The fourth-order valence-corrected chi connectivity index (χ4v) is 1.43. The highest BCUT2D eigenvalue weighted by atomic mass is 79.9. The number of fused-ring (bicyclic) bond motifs is 1. The highest BCUT2D eigenvalue weighted by Crippen LogP contribution is 2.23. The van der Waals surface area contributed by atoms with Crippen LogP contribution in [0.1, 0.15) is 5.89 Å². The van der Waals surface area contributed by atoms with Gasteiger partial charge in [-0.25, -0.2) is 4.98 Å². The van der Waals surface area contributed by atoms with Crippen molar-refractivity contribution in [2.24, 2.45) is 0 Å². The maximum atomic E-state index is 11.9. The molecule has 0 N–H and O–H groups in total. The maximum Gasteiger partial charge on any atom is 0.387 e. The van der Waals surface area contributed by atoms with Crippen LogP contribution in [0.5, 0.6) is 5.75 Å². The summed E-state index contributed by atoms with van der Waals surface area (Å²) >= 11 is 3.19. The van der Waals surface area contributed by atoms with Gasteiger partial charge in [-0.2, -0.15) is 8.78 Å². The Hall–Kier alpha value is -1.17. The Labute approximate surface area is 92.2 Å². The fourth-order valence-electron chi connectivity index (χ4n) is 1.19. The molecule has 0 aliphatic rings. The van der Waals surface area contributed by atoms with Gasteiger partial charge in [-0.1, -0.05) is 15.9 Å². The number of hydrogen-bond donors (Lipinski definition) is 0. The normalized spacial score (nSPS) is 11.2. The average Bonchev–Trinajstić information content (AvgIpc) is 2.58. The zero-order valence-corrected chi connectivity index (χ0v) is 9.00. The summed E-state index contributed by atoms with van der Waals surface area (Å²) in [5.41, 5.74) is 1.05. The Morgan fingerprint density at radius 1 is 1.47 bits per heavy atom. The van der Waals surface area contributed by atoms with Crippen LogP contribution in [0.25, 0.3) is 11.1 Å². The number of benzene rings is 1. The van der Waals surface area contributed by atoms with Crippen LogP contribution >= 0.6 is 15.9 Å². The molecule has 15 heavy (non-hydrogen) atoms. The second kappa shape index (κ2) is 4.14. The van der Waals surface area contributed by atoms with Crippen LogP contribution in [0.2, 0.25) is 0 Å². The second-order valence-corrected chi connectivity index (χ2v) is 3.31. The predicted molar refractivity (Wildman–Crippen MR) is 53.3 cm³/mol. The lowest BCUT2D eigenvalue weighted by Gasteiger charge is -2.02. The largest absolute Gasteiger partial charge is 0.440 e. The number of rotatable bonds is 3. The lowest BCUT2D eigenvalue weighted by atomic mass is 10.3. The minimum absolute atomic E-state index is 0.0646. The molecule has 0 radical (unpaired) electrons. The average molecular weight is 278 g/mol. The first-order chi connectivity index (χ1) is 7.19. The fraction of sp³-hybridized carbons (Fsp3) is 0.222. The minimum atomic E-state index is -2.83. The Morgan fingerprint density at radius 2 is 2.27 bits per heavy atom. The summed E-state index contributed by atoms with van der Waals surface area (Å²) in [5, 5.41) is 0.479. The minimum Gasteiger partial charge on any atom is -0.440 e. The van der Waals surface area contributed by atoms with Crippen LogP contribution < -0.4 is 4.74 Å². The Morgan fingerprint density at radius 3 is 2.93 bits per heavy atom. The van der Waals surface area contributed by atoms with Gasteiger partial charge in [0.2, 0.25) is 5.89 Å². The van der Waals surface area contributed by atoms with Crippen molar-refractivity contribution >= 4 is 27.0 Å². The molecule has 1 aromatic heterocycles. The standard InChI is InChI=1S/C9H6BrF2NO2/c10-4-8-13-6-2-1-5(14-9(11)12)3-7(6)15-8/h1-3,9H,4H2. The van der Waals surface area contributed by atoms with E-state index in [4.69, 9.17) is 4.42 Å². The van der Waals surface area contributed by atoms with Crippen molar-refractivity contribution in [2.45, 2.75) is 11.9 Å². The number of oxazole rings is 1. The molecule has 0 atom stereocenters. The third kappa shape index (κ3) is 2.26. The van der Waals surface area contributed by atoms with Gasteiger partial charge < -0.3 is 9.15 Å². The smallest absolute Gasteiger partial charge is 0.387 e. The van der Waals surface area contributed by atoms with Gasteiger partial charge in [0.25, 0.3) is 0 Å². The second-order valence-electron chi connectivity index (χ2n) is 2.75. The van der Waals surface area contributed by atoms with E-state index < -0.39 is 6.61 Å². The van der Waals surface area contributed by atoms with Gasteiger partial charge in [0, 0.05) is 6.07 Å². The van der Waals surface area contributed by atoms with Crippen molar-refractivity contribution in [3.8, 4) is 5.75 Å². The van der Waals surface area contributed by atoms with E-state index in [1.54, 1.807) is 6.07 Å². The van der Waals surface area contributed by atoms with Crippen molar-refractivity contribution in [2.75, 3.05) is 0 Å². The van der Waals surface area contributed by atoms with Crippen molar-refractivity contribution in [3.63, 3.8) is 0 Å². The van der Waals surface area contributed by atoms with Crippen LogP contribution in [0.4, 0.5) is 8.78 Å². The first kappa shape index (κ1) is 10.4. The van der Waals surface area contributed by atoms with E-state index in [2.05, 4.69) is 25.7 Å². The van der Waals surface area contributed by atoms with Gasteiger partial charge in [0.15, 0.2) is 5.58 Å². The molecule has 80 valence electrons. The monoisotopic (exact) mass is 277 g/mol. The van der Waals surface area contributed by atoms with Crippen molar-refractivity contribution in [1.82, 2.24) is 4.98 Å². The third-order valence-corrected chi connectivity index (χ3v) is 2.22. The Balaban J connectivity index is 2.37. The first-order valence-corrected chi connectivity index (χ1v) is 5.21. The molecule has 0 saturated heterocycles. The van der Waals surface area contributed by atoms with Gasteiger partial charge in [-0.3, -0.25) is 0 Å². The molecule has 2 aromatic rings. The van der Waals surface area contributed by atoms with Crippen LogP contribution in [-0.2, 0) is 5.33 Å². The summed E-state index contributed by atoms with van der Waals surface area (Å²) in [7, 11) is 0. The highest BCUT2D eigenvalue weighted by molar-refractivity contribution is 9.08. The van der Waals surface area contributed by atoms with E-state index in [1.807, 2.05) is 0 Å². The molecule has 2 rings (SSSR count). The molecule has 3 nitrogen and oxygen atoms in total. The van der Waals surface area contributed by atoms with Crippen LogP contribution in [0, 0.1) is 0 Å². The highest BCUT2D eigenvalue weighted by Gasteiger charge is 2.08. The topological polar surface area (TPSA) is 35.3 Å². The van der Waals surface area contributed by atoms with E-state index in [9.17, 15) is 8.78 Å². The molecular formula is C9H6BrF2NO2. The molecular weight excluding hydrogens is 272 g/mol. The molecule has 0 bridgehead atoms. The number of ether oxygens (including phenoxy) is 1. The molecule has 6 heteroatoms. The zero-order chi connectivity index (χ0) is 10.8. The molecule has 0 saturated carbocycles. The van der Waals surface area contributed by atoms with Gasteiger partial charge in [0.05, 0.1) is 5.33 Å². The first-order valence-electron chi connectivity index (χ1n) is 4.09. The van der Waals surface area contributed by atoms with E-state index in [-0.39, 0.29) is 5.75 Å². The third-order valence-electron chi connectivity index (χ3n) is 1.74. The number of alkyl halides is 3. The lowest BCUT2D eigenvalue weighted by molar-refractivity contribution is -0.0497. The number of nitrogens with zero attached hydrogens (tertiary/aromatic N) is 1. The summed E-state index contributed by atoms with van der Waals surface area (Å²) in [6, 6.07) is 4.39. The summed E-state index contributed by atoms with van der Waals surface area (Å²) in [4.78, 5) is 4.09. The SMILES string of the molecule is FC(F)Oc1ccc2nc(CBr)oc2c1. The number of halogens is 3. The van der Waals surface area contributed by atoms with Gasteiger partial charge in [-0.05, 0) is 12.1 Å². The van der Waals surface area contributed by atoms with Crippen molar-refractivity contribution in [1.29, 1.82) is 0 Å². The summed E-state index contributed by atoms with van der Waals surface area (Å²) < 4.78 is 33.3. The van der Waals surface area contributed by atoms with Crippen LogP contribution in [-0.4, -0.2) is 11.6 Å². The molecule has 0 spiro atoms. The molecule has 1 aromatic carbocycles. The molecule has 0 amide bonds. The molecule has 1 heterocycles. The summed E-state index contributed by atoms with van der Waals surface area (Å²) in [5.74, 6) is 0.564. The zero-order valence-electron chi connectivity index (χ0n) is 7.41. The summed E-state index contributed by atoms with van der Waals surface area (Å²) in [6.45, 7) is -2.83. The van der Waals surface area contributed by atoms with E-state index >= 15 is 0 Å². The predicted octanol–water partition coefficient (Wildman–Crippen LogP) is 3.32. The van der Waals surface area contributed by atoms with Crippen molar-refractivity contribution < 1.29 is 17.9 Å². The van der Waals surface area contributed by atoms with Gasteiger partial charge >= 0.3 is 6.61 Å². The molecule has 0 fully saturated rings. The lowest BCUT2D eigenvalue weighted by Crippen LogP contribution is -2.01. The Kier molecular flexibility index (Phi) is 2.86. The maximum absolute atomic E-state index is 11.9.